The third kappa shape index (κ3) is 2.94. The Kier molecular flexibility index (Phi) is 3.59. The molecule has 1 aromatic rings. The Morgan fingerprint density at radius 1 is 1.35 bits per heavy atom. The molecule has 0 fully saturated rings. The molecule has 1 aromatic carbocycles. The maximum absolute atomic E-state index is 11.1. The molecule has 1 aliphatic rings. The smallest absolute Gasteiger partial charge is 0.303 e. The normalized spacial score (nSPS) is 20.8. The van der Waals surface area contributed by atoms with Gasteiger partial charge in [0.2, 0.25) is 0 Å². The van der Waals surface area contributed by atoms with Crippen LogP contribution in [0.3, 0.4) is 0 Å². The van der Waals surface area contributed by atoms with E-state index in [1.54, 1.807) is 0 Å². The van der Waals surface area contributed by atoms with E-state index in [1.807, 2.05) is 37.4 Å². The van der Waals surface area contributed by atoms with Crippen LogP contribution in [0.5, 0.6) is 0 Å². The average Bonchev–Trinajstić information content (AvgIpc) is 2.29. The minimum atomic E-state index is -0.230. The van der Waals surface area contributed by atoms with E-state index in [0.717, 1.165) is 24.2 Å². The maximum atomic E-state index is 11.1. The zero-order chi connectivity index (χ0) is 12.3. The Morgan fingerprint density at radius 3 is 2.71 bits per heavy atom. The number of rotatable bonds is 2. The van der Waals surface area contributed by atoms with Crippen LogP contribution in [-0.4, -0.2) is 37.1 Å². The molecule has 0 spiro atoms. The van der Waals surface area contributed by atoms with Crippen molar-refractivity contribution in [3.63, 3.8) is 0 Å². The summed E-state index contributed by atoms with van der Waals surface area (Å²) in [6.07, 6.45) is 1.97. The van der Waals surface area contributed by atoms with E-state index < -0.39 is 0 Å². The van der Waals surface area contributed by atoms with Crippen molar-refractivity contribution < 1.29 is 9.53 Å². The molecular formula is C14H17NO2. The molecule has 1 aliphatic heterocycles. The molecule has 0 aliphatic carbocycles. The topological polar surface area (TPSA) is 29.5 Å². The van der Waals surface area contributed by atoms with Crippen molar-refractivity contribution in [2.24, 2.45) is 0 Å². The number of benzene rings is 1. The molecule has 17 heavy (non-hydrogen) atoms. The summed E-state index contributed by atoms with van der Waals surface area (Å²) in [4.78, 5) is 13.3. The van der Waals surface area contributed by atoms with Crippen LogP contribution in [0.25, 0.3) is 5.57 Å². The number of carbonyl (C=O) groups is 1. The first-order chi connectivity index (χ1) is 8.16. The van der Waals surface area contributed by atoms with E-state index in [0.29, 0.717) is 0 Å². The van der Waals surface area contributed by atoms with E-state index in [-0.39, 0.29) is 12.1 Å². The minimum absolute atomic E-state index is 0.159. The summed E-state index contributed by atoms with van der Waals surface area (Å²) in [7, 11) is 2.02. The second-order valence-corrected chi connectivity index (χ2v) is 4.34. The monoisotopic (exact) mass is 231 g/mol. The lowest BCUT2D eigenvalue weighted by Gasteiger charge is -2.30. The van der Waals surface area contributed by atoms with Crippen molar-refractivity contribution in [3.05, 3.63) is 42.0 Å². The van der Waals surface area contributed by atoms with E-state index in [4.69, 9.17) is 4.74 Å². The number of carbonyl (C=O) groups excluding carboxylic acids is 1. The highest BCUT2D eigenvalue weighted by Gasteiger charge is 2.24. The molecule has 1 heterocycles. The Morgan fingerprint density at radius 2 is 2.06 bits per heavy atom. The van der Waals surface area contributed by atoms with Crippen molar-refractivity contribution in [2.75, 3.05) is 20.1 Å². The maximum Gasteiger partial charge on any atom is 0.303 e. The van der Waals surface area contributed by atoms with E-state index >= 15 is 0 Å². The van der Waals surface area contributed by atoms with Crippen LogP contribution >= 0.6 is 0 Å². The fraction of sp³-hybridized carbons (Fsp3) is 0.357. The summed E-state index contributed by atoms with van der Waals surface area (Å²) in [5.41, 5.74) is 2.24. The first-order valence-corrected chi connectivity index (χ1v) is 5.78. The highest BCUT2D eigenvalue weighted by molar-refractivity contribution is 5.74. The van der Waals surface area contributed by atoms with Gasteiger partial charge in [-0.3, -0.25) is 9.69 Å². The molecule has 0 radical (unpaired) electrons. The molecule has 0 saturated carbocycles. The number of hydrogen-bond donors (Lipinski definition) is 0. The highest BCUT2D eigenvalue weighted by Crippen LogP contribution is 2.24. The van der Waals surface area contributed by atoms with E-state index in [9.17, 15) is 4.79 Å². The Labute approximate surface area is 102 Å². The predicted molar refractivity (Wildman–Crippen MR) is 67.5 cm³/mol. The number of ether oxygens (including phenoxy) is 1. The van der Waals surface area contributed by atoms with Crippen molar-refractivity contribution in [3.8, 4) is 0 Å². The standard InChI is InChI=1S/C14H17NO2/c1-11(16)17-14-10-15(2)9-8-13(14)12-6-4-3-5-7-12/h3-8,14H,9-10H2,1-2H3/t14-/m1/s1. The zero-order valence-corrected chi connectivity index (χ0v) is 10.2. The molecule has 1 atom stereocenters. The van der Waals surface area contributed by atoms with Crippen LogP contribution in [0.1, 0.15) is 12.5 Å². The molecule has 0 bridgehead atoms. The lowest BCUT2D eigenvalue weighted by atomic mass is 9.97. The summed E-state index contributed by atoms with van der Waals surface area (Å²) in [6, 6.07) is 10.1. The van der Waals surface area contributed by atoms with Gasteiger partial charge in [-0.2, -0.15) is 0 Å². The van der Waals surface area contributed by atoms with Gasteiger partial charge in [0.15, 0.2) is 0 Å². The third-order valence-electron chi connectivity index (χ3n) is 2.86. The Hall–Kier alpha value is -1.61. The number of esters is 1. The van der Waals surface area contributed by atoms with Crippen LogP contribution in [0.4, 0.5) is 0 Å². The van der Waals surface area contributed by atoms with Crippen molar-refractivity contribution in [1.29, 1.82) is 0 Å². The Balaban J connectivity index is 2.26. The third-order valence-corrected chi connectivity index (χ3v) is 2.86. The first kappa shape index (κ1) is 11.9. The van der Waals surface area contributed by atoms with Crippen LogP contribution in [0.2, 0.25) is 0 Å². The fourth-order valence-electron chi connectivity index (χ4n) is 2.08. The fourth-order valence-corrected chi connectivity index (χ4v) is 2.08. The van der Waals surface area contributed by atoms with Gasteiger partial charge in [0.25, 0.3) is 0 Å². The van der Waals surface area contributed by atoms with Crippen LogP contribution in [-0.2, 0) is 9.53 Å². The van der Waals surface area contributed by atoms with Crippen LogP contribution in [0.15, 0.2) is 36.4 Å². The van der Waals surface area contributed by atoms with Gasteiger partial charge in [0, 0.05) is 20.0 Å². The second kappa shape index (κ2) is 5.15. The van der Waals surface area contributed by atoms with Gasteiger partial charge < -0.3 is 4.74 Å². The number of likely N-dealkylation sites (N-methyl/N-ethyl adjacent to an activating group) is 1. The number of nitrogens with zero attached hydrogens (tertiary/aromatic N) is 1. The molecule has 0 N–H and O–H groups in total. The van der Waals surface area contributed by atoms with E-state index in [2.05, 4.69) is 11.0 Å². The van der Waals surface area contributed by atoms with E-state index in [1.165, 1.54) is 6.92 Å². The summed E-state index contributed by atoms with van der Waals surface area (Å²) in [5.74, 6) is -0.230. The largest absolute Gasteiger partial charge is 0.456 e. The van der Waals surface area contributed by atoms with Gasteiger partial charge in [-0.1, -0.05) is 36.4 Å². The molecule has 0 unspecified atom stereocenters. The summed E-state index contributed by atoms with van der Waals surface area (Å²) in [5, 5.41) is 0. The van der Waals surface area contributed by atoms with Crippen molar-refractivity contribution >= 4 is 11.5 Å². The quantitative estimate of drug-likeness (QED) is 0.729. The molecular weight excluding hydrogens is 214 g/mol. The van der Waals surface area contributed by atoms with Crippen molar-refractivity contribution in [1.82, 2.24) is 4.90 Å². The highest BCUT2D eigenvalue weighted by atomic mass is 16.5. The lowest BCUT2D eigenvalue weighted by molar-refractivity contribution is -0.144. The molecule has 3 heteroatoms. The van der Waals surface area contributed by atoms with Gasteiger partial charge in [-0.05, 0) is 18.2 Å². The molecule has 0 aromatic heterocycles. The van der Waals surface area contributed by atoms with Gasteiger partial charge >= 0.3 is 5.97 Å². The first-order valence-electron chi connectivity index (χ1n) is 5.78. The zero-order valence-electron chi connectivity index (χ0n) is 10.2. The summed E-state index contributed by atoms with van der Waals surface area (Å²) >= 11 is 0. The van der Waals surface area contributed by atoms with Crippen LogP contribution < -0.4 is 0 Å². The second-order valence-electron chi connectivity index (χ2n) is 4.34. The molecule has 2 rings (SSSR count). The average molecular weight is 231 g/mol. The van der Waals surface area contributed by atoms with Crippen LogP contribution in [0, 0.1) is 0 Å². The Bertz CT molecular complexity index is 425. The number of hydrogen-bond acceptors (Lipinski definition) is 3. The van der Waals surface area contributed by atoms with Gasteiger partial charge in [0.1, 0.15) is 6.10 Å². The van der Waals surface area contributed by atoms with Gasteiger partial charge in [-0.15, -0.1) is 0 Å². The summed E-state index contributed by atoms with van der Waals surface area (Å²) < 4.78 is 5.38. The predicted octanol–water partition coefficient (Wildman–Crippen LogP) is 1.95. The minimum Gasteiger partial charge on any atom is -0.456 e. The molecule has 90 valence electrons. The van der Waals surface area contributed by atoms with Gasteiger partial charge in [-0.25, -0.2) is 0 Å². The van der Waals surface area contributed by atoms with Gasteiger partial charge in [0.05, 0.1) is 0 Å². The van der Waals surface area contributed by atoms with Crippen molar-refractivity contribution in [2.45, 2.75) is 13.0 Å². The molecule has 0 amide bonds. The molecule has 0 saturated heterocycles. The summed E-state index contributed by atoms with van der Waals surface area (Å²) in [6.45, 7) is 3.10. The lowest BCUT2D eigenvalue weighted by Crippen LogP contribution is -2.37. The SMILES string of the molecule is CC(=O)O[C@@H]1CN(C)CC=C1c1ccccc1. The molecule has 3 nitrogen and oxygen atoms in total.